The van der Waals surface area contributed by atoms with Gasteiger partial charge in [0.1, 0.15) is 48.1 Å². The molecule has 7 amide bonds. The third kappa shape index (κ3) is 12.5. The van der Waals surface area contributed by atoms with Gasteiger partial charge in [-0.2, -0.15) is 0 Å². The van der Waals surface area contributed by atoms with Crippen LogP contribution in [0, 0.1) is 24.7 Å². The number of carbonyl (C=O) groups is 7. The van der Waals surface area contributed by atoms with E-state index in [4.69, 9.17) is 0 Å². The minimum Gasteiger partial charge on any atom is -0.343 e. The predicted octanol–water partition coefficient (Wildman–Crippen LogP) is 5.50. The molecular formula is C57H78N10O7. The van der Waals surface area contributed by atoms with Crippen molar-refractivity contribution in [2.24, 2.45) is 17.8 Å². The van der Waals surface area contributed by atoms with Crippen LogP contribution in [0.3, 0.4) is 0 Å². The fourth-order valence-electron chi connectivity index (χ4n) is 10.7. The maximum absolute atomic E-state index is 15.5. The van der Waals surface area contributed by atoms with Crippen molar-refractivity contribution in [2.75, 3.05) is 20.6 Å². The van der Waals surface area contributed by atoms with Crippen LogP contribution in [-0.4, -0.2) is 134 Å². The first-order valence-corrected chi connectivity index (χ1v) is 26.6. The number of hydrogen-bond acceptors (Lipinski definition) is 9. The van der Waals surface area contributed by atoms with Crippen molar-refractivity contribution in [3.63, 3.8) is 0 Å². The van der Waals surface area contributed by atoms with Crippen LogP contribution in [0.25, 0.3) is 21.8 Å². The highest BCUT2D eigenvalue weighted by Gasteiger charge is 2.43. The third-order valence-electron chi connectivity index (χ3n) is 15.4. The van der Waals surface area contributed by atoms with Crippen molar-refractivity contribution in [1.29, 1.82) is 0 Å². The summed E-state index contributed by atoms with van der Waals surface area (Å²) < 4.78 is 2.09. The van der Waals surface area contributed by atoms with Gasteiger partial charge in [-0.3, -0.25) is 33.6 Å². The zero-order chi connectivity index (χ0) is 53.8. The van der Waals surface area contributed by atoms with Crippen LogP contribution in [0.4, 0.5) is 0 Å². The number of carbonyl (C=O) groups excluding carboxylic acids is 7. The van der Waals surface area contributed by atoms with Crippen LogP contribution >= 0.6 is 0 Å². The highest BCUT2D eigenvalue weighted by Crippen LogP contribution is 2.33. The maximum Gasteiger partial charge on any atom is 0.246 e. The number of likely N-dealkylation sites (N-methyl/N-ethyl adjacent to an activating group) is 2. The zero-order valence-electron chi connectivity index (χ0n) is 45.1. The minimum atomic E-state index is -1.23. The molecule has 2 aromatic heterocycles. The largest absolute Gasteiger partial charge is 0.343 e. The van der Waals surface area contributed by atoms with Gasteiger partial charge >= 0.3 is 0 Å². The number of nitrogens with one attached hydrogen (secondary N) is 4. The van der Waals surface area contributed by atoms with E-state index in [0.29, 0.717) is 42.6 Å². The Labute approximate surface area is 436 Å². The molecule has 4 aromatic rings. The monoisotopic (exact) mass is 1010 g/mol. The average molecular weight is 1020 g/mol. The lowest BCUT2D eigenvalue weighted by Crippen LogP contribution is -2.62. The van der Waals surface area contributed by atoms with Gasteiger partial charge in [0.2, 0.25) is 41.4 Å². The summed E-state index contributed by atoms with van der Waals surface area (Å²) in [4.78, 5) is 117. The highest BCUT2D eigenvalue weighted by molar-refractivity contribution is 5.99. The zero-order valence-corrected chi connectivity index (χ0v) is 45.1. The van der Waals surface area contributed by atoms with Gasteiger partial charge in [-0.25, -0.2) is 9.97 Å². The fraction of sp³-hybridized carbons (Fsp3) is 0.561. The lowest BCUT2D eigenvalue weighted by Gasteiger charge is -2.41. The molecule has 1 aliphatic carbocycles. The quantitative estimate of drug-likeness (QED) is 0.132. The van der Waals surface area contributed by atoms with E-state index < -0.39 is 89.2 Å². The summed E-state index contributed by atoms with van der Waals surface area (Å²) in [6.07, 6.45) is 9.97. The maximum atomic E-state index is 15.5. The number of fused-ring (bicyclic) bond motifs is 4. The van der Waals surface area contributed by atoms with E-state index >= 15 is 14.4 Å². The molecule has 17 nitrogen and oxygen atoms in total. The van der Waals surface area contributed by atoms with E-state index in [1.165, 1.54) is 35.7 Å². The van der Waals surface area contributed by atoms with Crippen molar-refractivity contribution in [1.82, 2.24) is 50.5 Å². The number of piperidine rings is 1. The highest BCUT2D eigenvalue weighted by atomic mass is 16.2. The molecule has 3 aliphatic rings. The van der Waals surface area contributed by atoms with E-state index in [9.17, 15) is 19.2 Å². The lowest BCUT2D eigenvalue weighted by atomic mass is 9.80. The number of rotatable bonds is 12. The molecule has 74 heavy (non-hydrogen) atoms. The number of allylic oxidation sites excluding steroid dienone is 1. The predicted molar refractivity (Wildman–Crippen MR) is 285 cm³/mol. The molecule has 7 rings (SSSR count). The smallest absolute Gasteiger partial charge is 0.246 e. The van der Waals surface area contributed by atoms with Gasteiger partial charge in [-0.15, -0.1) is 6.58 Å². The van der Waals surface area contributed by atoms with E-state index in [1.807, 2.05) is 96.3 Å². The van der Waals surface area contributed by atoms with Crippen molar-refractivity contribution in [2.45, 2.75) is 167 Å². The van der Waals surface area contributed by atoms with Gasteiger partial charge in [-0.05, 0) is 107 Å². The molecule has 1 saturated carbocycles. The Hall–Kier alpha value is -6.65. The minimum absolute atomic E-state index is 0.00469. The van der Waals surface area contributed by atoms with E-state index in [1.54, 1.807) is 13.1 Å². The molecule has 4 heterocycles. The molecule has 4 N–H and O–H groups in total. The first-order chi connectivity index (χ1) is 35.1. The summed E-state index contributed by atoms with van der Waals surface area (Å²) in [5.74, 6) is -3.16. The van der Waals surface area contributed by atoms with Crippen molar-refractivity contribution < 1.29 is 33.6 Å². The summed E-state index contributed by atoms with van der Waals surface area (Å²) in [7, 11) is 3.07. The standard InChI is InChI=1S/C57H78N10O7/c1-12-57(8,9)67-32-40(41-19-13-14-20-46(41)67)30-45-55(73)65(11)48(25-33(2)3)52(70)61-44(29-38-22-23-42-39(27-38)31-58-36(7)60-42)50(68)59-35(6)54(72)64(10)47-21-16-24-66(56(47)74)49(26-34(4)5)53(71)62-43(51(69)63-45)28-37-17-15-18-37/h12-14,19-20,22-23,27,31-35,37,43-45,47-49H,1,15-18,21,24-26,28-30H2,2-11H3,(H,59,68)(H,61,70)(H,62,71)(H,63,69)/t35-,43-,44-,45-,47-,48-,49-/m0/s1. The Bertz CT molecular complexity index is 2760. The molecule has 0 radical (unpaired) electrons. The first kappa shape index (κ1) is 55.1. The van der Waals surface area contributed by atoms with Crippen molar-refractivity contribution >= 4 is 63.2 Å². The Morgan fingerprint density at radius 3 is 2.07 bits per heavy atom. The summed E-state index contributed by atoms with van der Waals surface area (Å²) in [5.41, 5.74) is 2.54. The average Bonchev–Trinajstić information content (AvgIpc) is 3.72. The van der Waals surface area contributed by atoms with Crippen LogP contribution in [0.2, 0.25) is 0 Å². The summed E-state index contributed by atoms with van der Waals surface area (Å²) in [6, 6.07) is 5.67. The topological polar surface area (TPSA) is 208 Å². The van der Waals surface area contributed by atoms with Gasteiger partial charge in [-0.1, -0.05) is 77.3 Å². The molecule has 3 fully saturated rings. The molecule has 2 aromatic carbocycles. The summed E-state index contributed by atoms with van der Waals surface area (Å²) in [6.45, 7) is 19.6. The van der Waals surface area contributed by atoms with Crippen LogP contribution in [0.1, 0.15) is 117 Å². The Morgan fingerprint density at radius 1 is 0.743 bits per heavy atom. The number of aromatic nitrogens is 3. The van der Waals surface area contributed by atoms with E-state index in [2.05, 4.69) is 42.4 Å². The van der Waals surface area contributed by atoms with Gasteiger partial charge < -0.3 is 40.5 Å². The van der Waals surface area contributed by atoms with Crippen LogP contribution < -0.4 is 21.3 Å². The summed E-state index contributed by atoms with van der Waals surface area (Å²) in [5, 5.41) is 13.6. The normalized spacial score (nSPS) is 24.7. The number of benzene rings is 2. The second-order valence-electron chi connectivity index (χ2n) is 22.4. The number of nitrogens with zero attached hydrogens (tertiary/aromatic N) is 6. The van der Waals surface area contributed by atoms with Crippen molar-refractivity contribution in [3.8, 4) is 0 Å². The van der Waals surface area contributed by atoms with Crippen LogP contribution in [-0.2, 0) is 51.9 Å². The molecule has 0 spiro atoms. The Balaban J connectivity index is 1.34. The molecule has 2 saturated heterocycles. The fourth-order valence-corrected chi connectivity index (χ4v) is 10.7. The van der Waals surface area contributed by atoms with E-state index in [0.717, 1.165) is 41.1 Å². The van der Waals surface area contributed by atoms with E-state index in [-0.39, 0.29) is 43.6 Å². The Kier molecular flexibility index (Phi) is 17.3. The van der Waals surface area contributed by atoms with Gasteiger partial charge in [0.05, 0.1) is 11.1 Å². The van der Waals surface area contributed by atoms with Gasteiger partial charge in [0.15, 0.2) is 0 Å². The van der Waals surface area contributed by atoms with Gasteiger partial charge in [0.25, 0.3) is 0 Å². The number of para-hydroxylation sites is 1. The second-order valence-corrected chi connectivity index (χ2v) is 22.4. The third-order valence-corrected chi connectivity index (χ3v) is 15.4. The summed E-state index contributed by atoms with van der Waals surface area (Å²) >= 11 is 0. The number of aryl methyl sites for hydroxylation is 1. The Morgan fingerprint density at radius 2 is 1.39 bits per heavy atom. The molecule has 0 unspecified atom stereocenters. The van der Waals surface area contributed by atoms with Gasteiger partial charge in [0, 0.05) is 62.2 Å². The van der Waals surface area contributed by atoms with Crippen molar-refractivity contribution in [3.05, 3.63) is 84.5 Å². The number of amides is 7. The van der Waals surface area contributed by atoms with Crippen LogP contribution in [0.5, 0.6) is 0 Å². The molecule has 7 atom stereocenters. The molecule has 398 valence electrons. The molecule has 2 bridgehead atoms. The molecule has 2 aliphatic heterocycles. The SMILES string of the molecule is C=CC(C)(C)n1cc(C[C@@H]2NC(=O)[C@H](CC3CCC3)NC(=O)[C@H](CC(C)C)N3CCC[C@@H](C3=O)N(C)C(=O)[C@H](C)NC(=O)[C@H](Cc3ccc4nc(C)ncc4c3)NC(=O)[C@H](CC(C)C)N(C)C2=O)c2ccccc21. The number of hydrogen-bond donors (Lipinski definition) is 4. The first-order valence-electron chi connectivity index (χ1n) is 26.6. The lowest BCUT2D eigenvalue weighted by molar-refractivity contribution is -0.153. The second kappa shape index (κ2) is 23.3. The molecule has 17 heteroatoms. The van der Waals surface area contributed by atoms with Crippen LogP contribution in [0.15, 0.2) is 67.5 Å². The molecular weight excluding hydrogens is 937 g/mol.